The first-order chi connectivity index (χ1) is 14.7. The van der Waals surface area contributed by atoms with Crippen molar-refractivity contribution in [3.8, 4) is 5.75 Å². The molecular weight excluding hydrogens is 412 g/mol. The van der Waals surface area contributed by atoms with Crippen molar-refractivity contribution in [3.63, 3.8) is 0 Å². The number of hydrogen-bond donors (Lipinski definition) is 2. The molecule has 5 atom stereocenters. The van der Waals surface area contributed by atoms with Crippen molar-refractivity contribution in [2.45, 2.75) is 75.6 Å². The quantitative estimate of drug-likeness (QED) is 0.723. The summed E-state index contributed by atoms with van der Waals surface area (Å²) in [6.45, 7) is 3.21. The second kappa shape index (κ2) is 7.48. The van der Waals surface area contributed by atoms with Crippen LogP contribution < -0.4 is 5.32 Å². The second-order valence-electron chi connectivity index (χ2n) is 11.0. The first-order valence-electron chi connectivity index (χ1n) is 11.8. The van der Waals surface area contributed by atoms with Gasteiger partial charge in [0.15, 0.2) is 0 Å². The summed E-state index contributed by atoms with van der Waals surface area (Å²) in [5.74, 6) is 1.56. The van der Waals surface area contributed by atoms with Gasteiger partial charge in [0.2, 0.25) is 15.9 Å². The van der Waals surface area contributed by atoms with Crippen LogP contribution in [0.3, 0.4) is 0 Å². The van der Waals surface area contributed by atoms with Crippen LogP contribution in [-0.2, 0) is 14.8 Å². The van der Waals surface area contributed by atoms with E-state index >= 15 is 0 Å². The molecule has 170 valence electrons. The van der Waals surface area contributed by atoms with Crippen LogP contribution in [0, 0.1) is 22.7 Å². The fourth-order valence-electron chi connectivity index (χ4n) is 7.63. The third kappa shape index (κ3) is 3.78. The summed E-state index contributed by atoms with van der Waals surface area (Å²) in [6, 6.07) is 5.49. The number of benzene rings is 1. The number of piperidine rings is 1. The maximum Gasteiger partial charge on any atom is 0.243 e. The number of hydrogen-bond acceptors (Lipinski definition) is 4. The zero-order chi connectivity index (χ0) is 21.9. The number of phenols is 1. The summed E-state index contributed by atoms with van der Waals surface area (Å²) >= 11 is 0. The van der Waals surface area contributed by atoms with Crippen LogP contribution >= 0.6 is 0 Å². The zero-order valence-electron chi connectivity index (χ0n) is 18.3. The molecule has 1 aliphatic heterocycles. The Morgan fingerprint density at radius 2 is 1.81 bits per heavy atom. The summed E-state index contributed by atoms with van der Waals surface area (Å²) in [6.07, 6.45) is 9.36. The number of sulfonamides is 1. The van der Waals surface area contributed by atoms with Gasteiger partial charge < -0.3 is 10.4 Å². The van der Waals surface area contributed by atoms with Gasteiger partial charge in [0.25, 0.3) is 0 Å². The van der Waals surface area contributed by atoms with Crippen LogP contribution in [-0.4, -0.2) is 42.9 Å². The van der Waals surface area contributed by atoms with Crippen molar-refractivity contribution in [1.82, 2.24) is 9.62 Å². The highest BCUT2D eigenvalue weighted by Crippen LogP contribution is 2.65. The molecule has 1 unspecified atom stereocenters. The molecule has 1 amide bonds. The number of amides is 1. The Bertz CT molecular complexity index is 944. The zero-order valence-corrected chi connectivity index (χ0v) is 19.2. The molecule has 4 saturated carbocycles. The van der Waals surface area contributed by atoms with Crippen molar-refractivity contribution in [3.05, 3.63) is 24.3 Å². The Hall–Kier alpha value is -1.60. The number of nitrogens with zero attached hydrogens (tertiary/aromatic N) is 1. The highest BCUT2D eigenvalue weighted by Gasteiger charge is 2.58. The Balaban J connectivity index is 1.30. The second-order valence-corrected chi connectivity index (χ2v) is 12.9. The van der Waals surface area contributed by atoms with E-state index in [1.165, 1.54) is 43.5 Å². The SMILES string of the molecule is C[C@@]12C[C@H]3C[C@@H](C1)C[C@](C(=O)NCC1CCCCN1S(=O)(=O)c1ccc(O)cc1)(C3)C2. The van der Waals surface area contributed by atoms with Gasteiger partial charge in [-0.2, -0.15) is 4.31 Å². The summed E-state index contributed by atoms with van der Waals surface area (Å²) in [5.41, 5.74) is 0.0642. The number of carbonyl (C=O) groups excluding carboxylic acids is 1. The summed E-state index contributed by atoms with van der Waals surface area (Å²) in [7, 11) is -3.66. The molecule has 0 spiro atoms. The normalized spacial score (nSPS) is 37.6. The Morgan fingerprint density at radius 3 is 2.45 bits per heavy atom. The topological polar surface area (TPSA) is 86.7 Å². The Kier molecular flexibility index (Phi) is 5.13. The third-order valence-electron chi connectivity index (χ3n) is 8.35. The largest absolute Gasteiger partial charge is 0.508 e. The first-order valence-corrected chi connectivity index (χ1v) is 13.2. The lowest BCUT2D eigenvalue weighted by Crippen LogP contribution is -2.58. The monoisotopic (exact) mass is 446 g/mol. The predicted octanol–water partition coefficient (Wildman–Crippen LogP) is 3.66. The number of rotatable bonds is 5. The molecule has 31 heavy (non-hydrogen) atoms. The van der Waals surface area contributed by atoms with E-state index in [4.69, 9.17) is 0 Å². The highest BCUT2D eigenvalue weighted by molar-refractivity contribution is 7.89. The van der Waals surface area contributed by atoms with E-state index in [0.717, 1.165) is 38.5 Å². The van der Waals surface area contributed by atoms with Crippen LogP contribution in [0.25, 0.3) is 0 Å². The van der Waals surface area contributed by atoms with E-state index in [9.17, 15) is 18.3 Å². The van der Waals surface area contributed by atoms with Crippen LogP contribution in [0.4, 0.5) is 0 Å². The molecule has 1 aromatic rings. The average Bonchev–Trinajstić information content (AvgIpc) is 2.70. The lowest BCUT2D eigenvalue weighted by atomic mass is 9.44. The van der Waals surface area contributed by atoms with Crippen LogP contribution in [0.1, 0.15) is 64.7 Å². The Labute approximate surface area is 185 Å². The average molecular weight is 447 g/mol. The molecule has 0 aromatic heterocycles. The number of phenolic OH excluding ortho intramolecular Hbond substituents is 1. The smallest absolute Gasteiger partial charge is 0.243 e. The molecule has 6 nitrogen and oxygen atoms in total. The van der Waals surface area contributed by atoms with Crippen LogP contribution in [0.2, 0.25) is 0 Å². The minimum absolute atomic E-state index is 0.0469. The molecular formula is C24H34N2O4S. The fourth-order valence-corrected chi connectivity index (χ4v) is 9.32. The van der Waals surface area contributed by atoms with Gasteiger partial charge in [-0.15, -0.1) is 0 Å². The lowest BCUT2D eigenvalue weighted by molar-refractivity contribution is -0.155. The van der Waals surface area contributed by atoms with Gasteiger partial charge in [-0.05, 0) is 92.9 Å². The van der Waals surface area contributed by atoms with E-state index in [1.54, 1.807) is 4.31 Å². The summed E-state index contributed by atoms with van der Waals surface area (Å²) in [5, 5.41) is 12.7. The van der Waals surface area contributed by atoms with Gasteiger partial charge in [-0.1, -0.05) is 13.3 Å². The number of carbonyl (C=O) groups is 1. The van der Waals surface area contributed by atoms with Crippen LogP contribution in [0.5, 0.6) is 5.75 Å². The maximum absolute atomic E-state index is 13.4. The number of aromatic hydroxyl groups is 1. The molecule has 6 rings (SSSR count). The standard InChI is InChI=1S/C24H34N2O4S/c1-23-11-17-10-18(12-23)14-24(13-17,16-23)22(28)25-15-19-4-2-3-9-26(19)31(29,30)21-7-5-20(27)6-8-21/h5-8,17-19,27H,2-4,9-16H2,1H3,(H,25,28)/t17-,18+,19?,23-,24-. The molecule has 5 aliphatic rings. The minimum atomic E-state index is -3.66. The predicted molar refractivity (Wildman–Crippen MR) is 118 cm³/mol. The molecule has 4 aliphatic carbocycles. The molecule has 2 N–H and O–H groups in total. The van der Waals surface area contributed by atoms with E-state index < -0.39 is 10.0 Å². The maximum atomic E-state index is 13.4. The van der Waals surface area contributed by atoms with Crippen molar-refractivity contribution in [2.24, 2.45) is 22.7 Å². The minimum Gasteiger partial charge on any atom is -0.508 e. The lowest BCUT2D eigenvalue weighted by Gasteiger charge is -2.60. The van der Waals surface area contributed by atoms with E-state index in [1.807, 2.05) is 0 Å². The molecule has 1 aromatic carbocycles. The van der Waals surface area contributed by atoms with Crippen molar-refractivity contribution >= 4 is 15.9 Å². The van der Waals surface area contributed by atoms with E-state index in [2.05, 4.69) is 12.2 Å². The van der Waals surface area contributed by atoms with Gasteiger partial charge in [0, 0.05) is 19.1 Å². The van der Waals surface area contributed by atoms with Gasteiger partial charge >= 0.3 is 0 Å². The highest BCUT2D eigenvalue weighted by atomic mass is 32.2. The van der Waals surface area contributed by atoms with E-state index in [0.29, 0.717) is 30.3 Å². The molecule has 1 saturated heterocycles. The molecule has 1 heterocycles. The van der Waals surface area contributed by atoms with E-state index in [-0.39, 0.29) is 28.0 Å². The molecule has 4 bridgehead atoms. The molecule has 7 heteroatoms. The van der Waals surface area contributed by atoms with Crippen molar-refractivity contribution in [2.75, 3.05) is 13.1 Å². The summed E-state index contributed by atoms with van der Waals surface area (Å²) < 4.78 is 28.1. The Morgan fingerprint density at radius 1 is 1.13 bits per heavy atom. The van der Waals surface area contributed by atoms with Gasteiger partial charge in [-0.3, -0.25) is 4.79 Å². The molecule has 5 fully saturated rings. The van der Waals surface area contributed by atoms with Crippen molar-refractivity contribution < 1.29 is 18.3 Å². The molecule has 0 radical (unpaired) electrons. The third-order valence-corrected chi connectivity index (χ3v) is 10.3. The van der Waals surface area contributed by atoms with Crippen LogP contribution in [0.15, 0.2) is 29.2 Å². The van der Waals surface area contributed by atoms with Crippen molar-refractivity contribution in [1.29, 1.82) is 0 Å². The summed E-state index contributed by atoms with van der Waals surface area (Å²) in [4.78, 5) is 13.6. The fraction of sp³-hybridized carbons (Fsp3) is 0.708. The van der Waals surface area contributed by atoms with Gasteiger partial charge in [0.05, 0.1) is 10.3 Å². The van der Waals surface area contributed by atoms with Gasteiger partial charge in [0.1, 0.15) is 5.75 Å². The number of nitrogens with one attached hydrogen (secondary N) is 1. The van der Waals surface area contributed by atoms with Gasteiger partial charge in [-0.25, -0.2) is 8.42 Å². The first kappa shape index (κ1) is 21.3.